The molecule has 0 amide bonds. The van der Waals surface area contributed by atoms with E-state index in [1.807, 2.05) is 23.9 Å². The van der Waals surface area contributed by atoms with Crippen LogP contribution < -0.4 is 9.47 Å². The number of hydrogen-bond donors (Lipinski definition) is 1. The van der Waals surface area contributed by atoms with E-state index in [0.717, 1.165) is 17.1 Å². The third-order valence-electron chi connectivity index (χ3n) is 2.42. The summed E-state index contributed by atoms with van der Waals surface area (Å²) in [5, 5.41) is 11.9. The summed E-state index contributed by atoms with van der Waals surface area (Å²) < 4.78 is 10.9. The zero-order valence-corrected chi connectivity index (χ0v) is 11.8. The summed E-state index contributed by atoms with van der Waals surface area (Å²) in [5.74, 6) is 3.41. The lowest BCUT2D eigenvalue weighted by atomic mass is 10.1. The lowest BCUT2D eigenvalue weighted by molar-refractivity contribution is 0.313. The first-order valence-electron chi connectivity index (χ1n) is 5.80. The molecule has 0 atom stereocenters. The van der Waals surface area contributed by atoms with Gasteiger partial charge in [-0.05, 0) is 30.9 Å². The maximum atomic E-state index is 8.73. The van der Waals surface area contributed by atoms with Gasteiger partial charge in [-0.15, -0.1) is 0 Å². The van der Waals surface area contributed by atoms with Gasteiger partial charge in [0.15, 0.2) is 11.5 Å². The molecule has 0 radical (unpaired) electrons. The van der Waals surface area contributed by atoms with Crippen molar-refractivity contribution in [3.63, 3.8) is 0 Å². The molecule has 0 aromatic heterocycles. The highest BCUT2D eigenvalue weighted by atomic mass is 32.2. The molecule has 0 heterocycles. The van der Waals surface area contributed by atoms with Gasteiger partial charge in [0.2, 0.25) is 0 Å². The van der Waals surface area contributed by atoms with Gasteiger partial charge in [-0.1, -0.05) is 12.1 Å². The normalized spacial score (nSPS) is 11.4. The Kier molecular flexibility index (Phi) is 6.43. The molecule has 0 unspecified atom stereocenters. The Morgan fingerprint density at radius 2 is 2.17 bits per heavy atom. The number of benzene rings is 1. The predicted octanol–water partition coefficient (Wildman–Crippen LogP) is 3.03. The summed E-state index contributed by atoms with van der Waals surface area (Å²) in [6, 6.07) is 5.48. The smallest absolute Gasteiger partial charge is 0.161 e. The van der Waals surface area contributed by atoms with Gasteiger partial charge in [0.25, 0.3) is 0 Å². The monoisotopic (exact) mass is 269 g/mol. The summed E-state index contributed by atoms with van der Waals surface area (Å²) in [5.41, 5.74) is 1.35. The third-order valence-corrected chi connectivity index (χ3v) is 3.28. The van der Waals surface area contributed by atoms with Crippen LogP contribution >= 0.6 is 11.8 Å². The topological polar surface area (TPSA) is 51.0 Å². The largest absolute Gasteiger partial charge is 0.493 e. The molecule has 1 rings (SSSR count). The average Bonchev–Trinajstić information content (AvgIpc) is 2.42. The summed E-state index contributed by atoms with van der Waals surface area (Å²) in [4.78, 5) is 0. The summed E-state index contributed by atoms with van der Waals surface area (Å²) in [7, 11) is 1.60. The van der Waals surface area contributed by atoms with E-state index in [1.165, 1.54) is 0 Å². The van der Waals surface area contributed by atoms with Crippen LogP contribution in [-0.4, -0.2) is 36.1 Å². The molecule has 4 nitrogen and oxygen atoms in total. The number of methoxy groups -OCH3 is 1. The van der Waals surface area contributed by atoms with Gasteiger partial charge in [-0.2, -0.15) is 11.8 Å². The highest BCUT2D eigenvalue weighted by Gasteiger charge is 2.07. The Bertz CT molecular complexity index is 407. The third kappa shape index (κ3) is 4.14. The average molecular weight is 269 g/mol. The van der Waals surface area contributed by atoms with E-state index in [1.54, 1.807) is 20.1 Å². The molecule has 0 fully saturated rings. The molecular weight excluding hydrogens is 250 g/mol. The van der Waals surface area contributed by atoms with Gasteiger partial charge in [0, 0.05) is 11.3 Å². The molecule has 0 bridgehead atoms. The number of thioether (sulfide) groups is 1. The van der Waals surface area contributed by atoms with Gasteiger partial charge < -0.3 is 14.7 Å². The lowest BCUT2D eigenvalue weighted by Gasteiger charge is -2.11. The van der Waals surface area contributed by atoms with Gasteiger partial charge >= 0.3 is 0 Å². The molecule has 0 aliphatic heterocycles. The fourth-order valence-corrected chi connectivity index (χ4v) is 1.91. The van der Waals surface area contributed by atoms with Crippen molar-refractivity contribution in [3.8, 4) is 11.5 Å². The van der Waals surface area contributed by atoms with E-state index >= 15 is 0 Å². The van der Waals surface area contributed by atoms with Crippen molar-refractivity contribution in [1.82, 2.24) is 0 Å². The molecule has 0 spiro atoms. The molecule has 0 saturated carbocycles. The van der Waals surface area contributed by atoms with Crippen LogP contribution in [0.25, 0.3) is 0 Å². The van der Waals surface area contributed by atoms with Gasteiger partial charge in [-0.25, -0.2) is 0 Å². The second-order valence-corrected chi connectivity index (χ2v) is 4.99. The van der Waals surface area contributed by atoms with Crippen LogP contribution in [0.3, 0.4) is 0 Å². The molecule has 18 heavy (non-hydrogen) atoms. The van der Waals surface area contributed by atoms with Crippen molar-refractivity contribution >= 4 is 17.5 Å². The van der Waals surface area contributed by atoms with Crippen molar-refractivity contribution in [2.24, 2.45) is 5.16 Å². The second kappa shape index (κ2) is 7.87. The molecule has 0 aliphatic rings. The van der Waals surface area contributed by atoms with Crippen molar-refractivity contribution in [2.75, 3.05) is 25.2 Å². The van der Waals surface area contributed by atoms with E-state index in [-0.39, 0.29) is 0 Å². The van der Waals surface area contributed by atoms with Crippen LogP contribution in [-0.2, 0) is 0 Å². The number of oxime groups is 1. The molecular formula is C13H19NO3S. The van der Waals surface area contributed by atoms with E-state index in [2.05, 4.69) is 12.1 Å². The van der Waals surface area contributed by atoms with Crippen LogP contribution in [0, 0.1) is 0 Å². The second-order valence-electron chi connectivity index (χ2n) is 3.60. The van der Waals surface area contributed by atoms with Gasteiger partial charge in [0.05, 0.1) is 19.4 Å². The minimum absolute atomic E-state index is 0.543. The van der Waals surface area contributed by atoms with Gasteiger partial charge in [0.1, 0.15) is 0 Å². The van der Waals surface area contributed by atoms with Crippen LogP contribution in [0.1, 0.15) is 19.4 Å². The van der Waals surface area contributed by atoms with Crippen molar-refractivity contribution in [2.45, 2.75) is 13.8 Å². The first-order valence-corrected chi connectivity index (χ1v) is 6.96. The Morgan fingerprint density at radius 3 is 2.78 bits per heavy atom. The molecule has 1 aromatic rings. The SMILES string of the molecule is CCSCCOc1ccc(/C(C)=N/O)cc1OC. The number of nitrogens with zero attached hydrogens (tertiary/aromatic N) is 1. The van der Waals surface area contributed by atoms with E-state index in [9.17, 15) is 0 Å². The highest BCUT2D eigenvalue weighted by molar-refractivity contribution is 7.99. The number of ether oxygens (including phenoxy) is 2. The molecule has 5 heteroatoms. The Hall–Kier alpha value is -1.36. The summed E-state index contributed by atoms with van der Waals surface area (Å²) >= 11 is 1.83. The minimum Gasteiger partial charge on any atom is -0.493 e. The van der Waals surface area contributed by atoms with E-state index in [4.69, 9.17) is 14.7 Å². The van der Waals surface area contributed by atoms with Crippen molar-refractivity contribution in [3.05, 3.63) is 23.8 Å². The zero-order chi connectivity index (χ0) is 13.4. The van der Waals surface area contributed by atoms with Gasteiger partial charge in [-0.3, -0.25) is 0 Å². The number of rotatable bonds is 7. The number of hydrogen-bond acceptors (Lipinski definition) is 5. The Balaban J connectivity index is 2.74. The van der Waals surface area contributed by atoms with Crippen LogP contribution in [0.15, 0.2) is 23.4 Å². The molecule has 0 saturated heterocycles. The minimum atomic E-state index is 0.543. The molecule has 1 N–H and O–H groups in total. The standard InChI is InChI=1S/C13H19NO3S/c1-4-18-8-7-17-12-6-5-11(10(2)14-15)9-13(12)16-3/h5-6,9,15H,4,7-8H2,1-3H3/b14-10+. The predicted molar refractivity (Wildman–Crippen MR) is 75.5 cm³/mol. The quantitative estimate of drug-likeness (QED) is 0.358. The molecule has 1 aromatic carbocycles. The molecule has 100 valence electrons. The van der Waals surface area contributed by atoms with Crippen molar-refractivity contribution < 1.29 is 14.7 Å². The summed E-state index contributed by atoms with van der Waals surface area (Å²) in [6.07, 6.45) is 0. The fraction of sp³-hybridized carbons (Fsp3) is 0.462. The highest BCUT2D eigenvalue weighted by Crippen LogP contribution is 2.28. The first-order chi connectivity index (χ1) is 8.72. The van der Waals surface area contributed by atoms with Crippen LogP contribution in [0.4, 0.5) is 0 Å². The summed E-state index contributed by atoms with van der Waals surface area (Å²) in [6.45, 7) is 4.51. The van der Waals surface area contributed by atoms with Crippen LogP contribution in [0.5, 0.6) is 11.5 Å². The fourth-order valence-electron chi connectivity index (χ4n) is 1.42. The molecule has 0 aliphatic carbocycles. The first kappa shape index (κ1) is 14.7. The van der Waals surface area contributed by atoms with E-state index in [0.29, 0.717) is 23.8 Å². The maximum absolute atomic E-state index is 8.73. The van der Waals surface area contributed by atoms with Crippen molar-refractivity contribution in [1.29, 1.82) is 0 Å². The van der Waals surface area contributed by atoms with Crippen LogP contribution in [0.2, 0.25) is 0 Å². The Labute approximate surface area is 112 Å². The zero-order valence-electron chi connectivity index (χ0n) is 11.0. The Morgan fingerprint density at radius 1 is 1.39 bits per heavy atom. The van der Waals surface area contributed by atoms with E-state index < -0.39 is 0 Å². The maximum Gasteiger partial charge on any atom is 0.161 e. The lowest BCUT2D eigenvalue weighted by Crippen LogP contribution is -2.03.